The lowest BCUT2D eigenvalue weighted by Gasteiger charge is -2.23. The molecule has 4 nitrogen and oxygen atoms in total. The number of rotatable bonds is 6. The van der Waals surface area contributed by atoms with Gasteiger partial charge in [-0.05, 0) is 41.3 Å². The molecule has 5 heteroatoms. The van der Waals surface area contributed by atoms with Gasteiger partial charge in [0, 0.05) is 11.6 Å². The molecule has 2 aromatic rings. The number of methoxy groups -OCH3 is 1. The van der Waals surface area contributed by atoms with Gasteiger partial charge in [0.05, 0.1) is 13.2 Å². The Morgan fingerprint density at radius 3 is 2.25 bits per heavy atom. The average Bonchev–Trinajstić information content (AvgIpc) is 2.59. The molecule has 2 aromatic carbocycles. The molecule has 0 aliphatic rings. The molecule has 128 valence electrons. The Morgan fingerprint density at radius 2 is 1.71 bits per heavy atom. The number of urea groups is 1. The van der Waals surface area contributed by atoms with Crippen LogP contribution in [0.2, 0.25) is 5.02 Å². The monoisotopic (exact) mass is 346 g/mol. The fourth-order valence-corrected chi connectivity index (χ4v) is 2.55. The van der Waals surface area contributed by atoms with E-state index >= 15 is 0 Å². The first-order chi connectivity index (χ1) is 11.5. The third-order valence-corrected chi connectivity index (χ3v) is 4.05. The number of carbonyl (C=O) groups excluding carboxylic acids is 1. The second kappa shape index (κ2) is 8.60. The molecule has 0 bridgehead atoms. The van der Waals surface area contributed by atoms with Crippen LogP contribution in [0.5, 0.6) is 5.75 Å². The van der Waals surface area contributed by atoms with E-state index in [1.165, 1.54) is 0 Å². The van der Waals surface area contributed by atoms with Gasteiger partial charge in [0.2, 0.25) is 0 Å². The van der Waals surface area contributed by atoms with Crippen molar-refractivity contribution in [3.05, 3.63) is 64.7 Å². The van der Waals surface area contributed by atoms with E-state index in [1.807, 2.05) is 48.5 Å². The molecule has 2 N–H and O–H groups in total. The lowest BCUT2D eigenvalue weighted by molar-refractivity contribution is 0.232. The van der Waals surface area contributed by atoms with Crippen LogP contribution in [0.15, 0.2) is 48.5 Å². The van der Waals surface area contributed by atoms with Gasteiger partial charge in [-0.2, -0.15) is 0 Å². The Bertz CT molecular complexity index is 654. The Kier molecular flexibility index (Phi) is 6.50. The number of benzene rings is 2. The van der Waals surface area contributed by atoms with Gasteiger partial charge >= 0.3 is 6.03 Å². The van der Waals surface area contributed by atoms with Crippen LogP contribution in [0, 0.1) is 5.92 Å². The highest BCUT2D eigenvalue weighted by Crippen LogP contribution is 2.23. The SMILES string of the molecule is COc1ccc(CNC(=O)NC(c2ccc(Cl)cc2)C(C)C)cc1. The maximum Gasteiger partial charge on any atom is 0.315 e. The summed E-state index contributed by atoms with van der Waals surface area (Å²) in [7, 11) is 1.63. The van der Waals surface area contributed by atoms with E-state index in [0.717, 1.165) is 16.9 Å². The number of ether oxygens (including phenoxy) is 1. The molecule has 1 unspecified atom stereocenters. The number of nitrogens with one attached hydrogen (secondary N) is 2. The lowest BCUT2D eigenvalue weighted by Crippen LogP contribution is -2.39. The molecular weight excluding hydrogens is 324 g/mol. The van der Waals surface area contributed by atoms with Gasteiger partial charge in [0.1, 0.15) is 5.75 Å². The molecule has 0 fully saturated rings. The molecule has 0 radical (unpaired) electrons. The van der Waals surface area contributed by atoms with Gasteiger partial charge in [0.15, 0.2) is 0 Å². The van der Waals surface area contributed by atoms with Crippen molar-refractivity contribution in [2.45, 2.75) is 26.4 Å². The first-order valence-corrected chi connectivity index (χ1v) is 8.30. The van der Waals surface area contributed by atoms with Gasteiger partial charge in [-0.1, -0.05) is 49.7 Å². The van der Waals surface area contributed by atoms with Crippen LogP contribution in [0.4, 0.5) is 4.79 Å². The van der Waals surface area contributed by atoms with E-state index in [1.54, 1.807) is 7.11 Å². The molecule has 0 saturated carbocycles. The molecule has 2 amide bonds. The molecule has 24 heavy (non-hydrogen) atoms. The fourth-order valence-electron chi connectivity index (χ4n) is 2.42. The molecule has 1 atom stereocenters. The van der Waals surface area contributed by atoms with Gasteiger partial charge in [-0.3, -0.25) is 0 Å². The lowest BCUT2D eigenvalue weighted by atomic mass is 9.96. The quantitative estimate of drug-likeness (QED) is 0.806. The summed E-state index contributed by atoms with van der Waals surface area (Å²) < 4.78 is 5.12. The predicted molar refractivity (Wildman–Crippen MR) is 97.4 cm³/mol. The zero-order chi connectivity index (χ0) is 17.5. The summed E-state index contributed by atoms with van der Waals surface area (Å²) in [6.07, 6.45) is 0. The molecule has 2 rings (SSSR count). The highest BCUT2D eigenvalue weighted by Gasteiger charge is 2.18. The summed E-state index contributed by atoms with van der Waals surface area (Å²) >= 11 is 5.93. The van der Waals surface area contributed by atoms with Crippen LogP contribution < -0.4 is 15.4 Å². The second-order valence-corrected chi connectivity index (χ2v) is 6.38. The molecule has 0 aliphatic carbocycles. The van der Waals surface area contributed by atoms with Crippen LogP contribution in [0.1, 0.15) is 31.0 Å². The number of amides is 2. The number of carbonyl (C=O) groups is 1. The molecule has 0 aliphatic heterocycles. The molecular formula is C19H23ClN2O2. The Morgan fingerprint density at radius 1 is 1.08 bits per heavy atom. The molecule has 0 saturated heterocycles. The van der Waals surface area contributed by atoms with Crippen molar-refractivity contribution in [1.29, 1.82) is 0 Å². The Hall–Kier alpha value is -2.20. The van der Waals surface area contributed by atoms with Gasteiger partial charge in [-0.25, -0.2) is 4.79 Å². The normalized spacial score (nSPS) is 11.9. The largest absolute Gasteiger partial charge is 0.497 e. The zero-order valence-electron chi connectivity index (χ0n) is 14.2. The summed E-state index contributed by atoms with van der Waals surface area (Å²) in [5.41, 5.74) is 2.05. The van der Waals surface area contributed by atoms with Gasteiger partial charge in [0.25, 0.3) is 0 Å². The predicted octanol–water partition coefficient (Wildman–Crippen LogP) is 4.55. The van der Waals surface area contributed by atoms with Crippen molar-refractivity contribution >= 4 is 17.6 Å². The van der Waals surface area contributed by atoms with Crippen molar-refractivity contribution in [2.24, 2.45) is 5.92 Å². The number of hydrogen-bond acceptors (Lipinski definition) is 2. The van der Waals surface area contributed by atoms with E-state index in [2.05, 4.69) is 24.5 Å². The van der Waals surface area contributed by atoms with Crippen molar-refractivity contribution in [3.8, 4) is 5.75 Å². The molecule has 0 heterocycles. The summed E-state index contributed by atoms with van der Waals surface area (Å²) in [5.74, 6) is 1.06. The average molecular weight is 347 g/mol. The van der Waals surface area contributed by atoms with Crippen molar-refractivity contribution in [2.75, 3.05) is 7.11 Å². The van der Waals surface area contributed by atoms with Crippen LogP contribution in [0.3, 0.4) is 0 Å². The van der Waals surface area contributed by atoms with Crippen molar-refractivity contribution in [3.63, 3.8) is 0 Å². The zero-order valence-corrected chi connectivity index (χ0v) is 14.9. The topological polar surface area (TPSA) is 50.4 Å². The first kappa shape index (κ1) is 18.1. The van der Waals surface area contributed by atoms with Crippen LogP contribution in [-0.2, 0) is 6.54 Å². The highest BCUT2D eigenvalue weighted by molar-refractivity contribution is 6.30. The van der Waals surface area contributed by atoms with Crippen LogP contribution in [-0.4, -0.2) is 13.1 Å². The summed E-state index contributed by atoms with van der Waals surface area (Å²) in [5, 5.41) is 6.60. The Labute approximate surface area is 148 Å². The smallest absolute Gasteiger partial charge is 0.315 e. The van der Waals surface area contributed by atoms with E-state index in [-0.39, 0.29) is 18.0 Å². The second-order valence-electron chi connectivity index (χ2n) is 5.95. The Balaban J connectivity index is 1.93. The van der Waals surface area contributed by atoms with E-state index in [4.69, 9.17) is 16.3 Å². The van der Waals surface area contributed by atoms with Crippen molar-refractivity contribution in [1.82, 2.24) is 10.6 Å². The minimum Gasteiger partial charge on any atom is -0.497 e. The molecule has 0 spiro atoms. The third kappa shape index (κ3) is 5.17. The minimum absolute atomic E-state index is 0.0712. The standard InChI is InChI=1S/C19H23ClN2O2/c1-13(2)18(15-6-8-16(20)9-7-15)22-19(23)21-12-14-4-10-17(24-3)11-5-14/h4-11,13,18H,12H2,1-3H3,(H2,21,22,23). The minimum atomic E-state index is -0.195. The third-order valence-electron chi connectivity index (χ3n) is 3.79. The van der Waals surface area contributed by atoms with E-state index in [0.29, 0.717) is 11.6 Å². The van der Waals surface area contributed by atoms with Gasteiger partial charge < -0.3 is 15.4 Å². The maximum atomic E-state index is 12.2. The maximum absolute atomic E-state index is 12.2. The van der Waals surface area contributed by atoms with Gasteiger partial charge in [-0.15, -0.1) is 0 Å². The van der Waals surface area contributed by atoms with Crippen LogP contribution in [0.25, 0.3) is 0 Å². The van der Waals surface area contributed by atoms with E-state index in [9.17, 15) is 4.79 Å². The summed E-state index contributed by atoms with van der Waals surface area (Å²) in [6.45, 7) is 4.60. The summed E-state index contributed by atoms with van der Waals surface area (Å²) in [6, 6.07) is 14.9. The van der Waals surface area contributed by atoms with Crippen LogP contribution >= 0.6 is 11.6 Å². The first-order valence-electron chi connectivity index (χ1n) is 7.92. The number of hydrogen-bond donors (Lipinski definition) is 2. The van der Waals surface area contributed by atoms with E-state index < -0.39 is 0 Å². The number of halogens is 1. The van der Waals surface area contributed by atoms with Crippen molar-refractivity contribution < 1.29 is 9.53 Å². The molecule has 0 aromatic heterocycles. The highest BCUT2D eigenvalue weighted by atomic mass is 35.5. The summed E-state index contributed by atoms with van der Waals surface area (Å²) in [4.78, 5) is 12.2. The fraction of sp³-hybridized carbons (Fsp3) is 0.316.